The molecule has 1 aliphatic rings. The molecule has 0 unspecified atom stereocenters. The molecule has 1 fully saturated rings. The number of rotatable bonds is 12. The van der Waals surface area contributed by atoms with Gasteiger partial charge in [-0.15, -0.1) is 11.8 Å². The van der Waals surface area contributed by atoms with Gasteiger partial charge < -0.3 is 26.0 Å². The molecule has 1 aliphatic heterocycles. The van der Waals surface area contributed by atoms with Gasteiger partial charge in [0.1, 0.15) is 6.04 Å². The van der Waals surface area contributed by atoms with Crippen molar-refractivity contribution in [2.75, 3.05) is 12.4 Å². The van der Waals surface area contributed by atoms with Crippen LogP contribution in [0.2, 0.25) is 0 Å². The number of nitrogens with zero attached hydrogens (tertiary/aromatic N) is 1. The first kappa shape index (κ1) is 30.5. The number of thioether (sulfide) groups is 1. The number of carbonyl (C=O) groups is 3. The van der Waals surface area contributed by atoms with Crippen LogP contribution in [0, 0.1) is 6.92 Å². The smallest absolute Gasteiger partial charge is 0.315 e. The van der Waals surface area contributed by atoms with E-state index in [4.69, 9.17) is 0 Å². The van der Waals surface area contributed by atoms with Crippen LogP contribution in [0.25, 0.3) is 0 Å². The molecule has 0 spiro atoms. The minimum atomic E-state index is -1.52. The summed E-state index contributed by atoms with van der Waals surface area (Å²) in [5.74, 6) is -0.571. The number of urea groups is 1. The van der Waals surface area contributed by atoms with Crippen molar-refractivity contribution in [3.8, 4) is 0 Å². The predicted molar refractivity (Wildman–Crippen MR) is 156 cm³/mol. The second kappa shape index (κ2) is 14.4. The molecule has 212 valence electrons. The molecule has 4 N–H and O–H groups in total. The molecular formula is C30H42N4O4S. The second-order valence-corrected chi connectivity index (χ2v) is 12.2. The third-order valence-electron chi connectivity index (χ3n) is 7.11. The first-order valence-electron chi connectivity index (χ1n) is 13.7. The molecule has 9 heteroatoms. The Morgan fingerprint density at radius 1 is 1.05 bits per heavy atom. The minimum absolute atomic E-state index is 0.268. The van der Waals surface area contributed by atoms with Crippen LogP contribution in [0.4, 0.5) is 4.79 Å². The lowest BCUT2D eigenvalue weighted by Gasteiger charge is -2.33. The highest BCUT2D eigenvalue weighted by atomic mass is 32.2. The van der Waals surface area contributed by atoms with Crippen LogP contribution in [-0.2, 0) is 22.6 Å². The molecule has 2 aromatic carbocycles. The molecule has 1 saturated heterocycles. The largest absolute Gasteiger partial charge is 0.381 e. The fourth-order valence-electron chi connectivity index (χ4n) is 4.75. The minimum Gasteiger partial charge on any atom is -0.381 e. The van der Waals surface area contributed by atoms with Crippen molar-refractivity contribution >= 4 is 29.6 Å². The van der Waals surface area contributed by atoms with Crippen LogP contribution < -0.4 is 16.0 Å². The van der Waals surface area contributed by atoms with E-state index in [0.717, 1.165) is 36.0 Å². The number of benzene rings is 2. The summed E-state index contributed by atoms with van der Waals surface area (Å²) in [5.41, 5.74) is 2.96. The van der Waals surface area contributed by atoms with E-state index in [0.29, 0.717) is 13.1 Å². The molecule has 0 radical (unpaired) electrons. The Hall–Kier alpha value is -3.04. The van der Waals surface area contributed by atoms with Gasteiger partial charge in [0.15, 0.2) is 6.10 Å². The lowest BCUT2D eigenvalue weighted by Crippen LogP contribution is -2.59. The van der Waals surface area contributed by atoms with Crippen molar-refractivity contribution < 1.29 is 19.5 Å². The number of aliphatic hydroxyl groups is 1. The molecule has 0 saturated carbocycles. The number of hydrogen-bond donors (Lipinski definition) is 4. The van der Waals surface area contributed by atoms with Crippen molar-refractivity contribution in [3.63, 3.8) is 0 Å². The second-order valence-electron chi connectivity index (χ2n) is 10.6. The number of carbonyl (C=O) groups excluding carboxylic acids is 3. The van der Waals surface area contributed by atoms with E-state index in [1.165, 1.54) is 16.7 Å². The monoisotopic (exact) mass is 554 g/mol. The summed E-state index contributed by atoms with van der Waals surface area (Å²) < 4.78 is -0.551. The normalized spacial score (nSPS) is 17.8. The Labute approximate surface area is 236 Å². The number of nitrogens with one attached hydrogen (secondary N) is 3. The predicted octanol–water partition coefficient (Wildman–Crippen LogP) is 3.75. The van der Waals surface area contributed by atoms with Crippen molar-refractivity contribution in [2.24, 2.45) is 0 Å². The van der Waals surface area contributed by atoms with Crippen molar-refractivity contribution in [3.05, 3.63) is 71.3 Å². The van der Waals surface area contributed by atoms with Crippen LogP contribution in [0.15, 0.2) is 54.6 Å². The zero-order valence-electron chi connectivity index (χ0n) is 23.4. The molecule has 0 aromatic heterocycles. The fraction of sp³-hybridized carbons (Fsp3) is 0.500. The van der Waals surface area contributed by atoms with E-state index in [1.807, 2.05) is 75.4 Å². The average molecular weight is 555 g/mol. The molecular weight excluding hydrogens is 512 g/mol. The van der Waals surface area contributed by atoms with Gasteiger partial charge in [0.25, 0.3) is 5.91 Å². The molecule has 39 heavy (non-hydrogen) atoms. The maximum atomic E-state index is 13.7. The molecule has 4 amide bonds. The lowest BCUT2D eigenvalue weighted by molar-refractivity contribution is -0.147. The van der Waals surface area contributed by atoms with Crippen LogP contribution in [0.1, 0.15) is 56.7 Å². The van der Waals surface area contributed by atoms with Crippen LogP contribution in [0.5, 0.6) is 0 Å². The lowest BCUT2D eigenvalue weighted by atomic mass is 9.97. The molecule has 3 rings (SSSR count). The highest BCUT2D eigenvalue weighted by Gasteiger charge is 2.49. The summed E-state index contributed by atoms with van der Waals surface area (Å²) in [6.07, 6.45) is 1.65. The maximum absolute atomic E-state index is 13.7. The number of unbranched alkanes of at least 4 members (excludes halogenated alkanes) is 2. The average Bonchev–Trinajstić information content (AvgIpc) is 3.24. The highest BCUT2D eigenvalue weighted by molar-refractivity contribution is 8.00. The summed E-state index contributed by atoms with van der Waals surface area (Å²) in [6, 6.07) is 15.2. The zero-order valence-corrected chi connectivity index (χ0v) is 24.2. The van der Waals surface area contributed by atoms with E-state index in [1.54, 1.807) is 0 Å². The standard InChI is InChI=1S/C30H42N4O4S/c1-5-6-12-17-31-29(38)33-24(18-22-14-8-7-9-15-22)25(35)28(37)34-20-39-30(3,4)26(34)27(36)32-19-23-16-11-10-13-21(23)2/h7-11,13-16,24-26,35H,5-6,12,17-20H2,1-4H3,(H,32,36)(H2,31,33,38)/t24-,25-,26+/m0/s1. The molecule has 1 heterocycles. The Kier molecular flexibility index (Phi) is 11.2. The summed E-state index contributed by atoms with van der Waals surface area (Å²) in [5, 5.41) is 19.9. The quantitative estimate of drug-likeness (QED) is 0.299. The van der Waals surface area contributed by atoms with Gasteiger partial charge in [-0.05, 0) is 50.3 Å². The van der Waals surface area contributed by atoms with Gasteiger partial charge in [-0.2, -0.15) is 0 Å². The van der Waals surface area contributed by atoms with E-state index in [9.17, 15) is 19.5 Å². The van der Waals surface area contributed by atoms with Gasteiger partial charge in [-0.1, -0.05) is 74.4 Å². The molecule has 8 nitrogen and oxygen atoms in total. The fourth-order valence-corrected chi connectivity index (χ4v) is 5.89. The van der Waals surface area contributed by atoms with Crippen LogP contribution in [0.3, 0.4) is 0 Å². The van der Waals surface area contributed by atoms with Gasteiger partial charge >= 0.3 is 6.03 Å². The van der Waals surface area contributed by atoms with Gasteiger partial charge in [0.2, 0.25) is 5.91 Å². The third kappa shape index (κ3) is 8.47. The van der Waals surface area contributed by atoms with E-state index >= 15 is 0 Å². The highest BCUT2D eigenvalue weighted by Crippen LogP contribution is 2.40. The number of amides is 4. The summed E-state index contributed by atoms with van der Waals surface area (Å²) in [4.78, 5) is 41.2. The SMILES string of the molecule is CCCCCNC(=O)N[C@@H](Cc1ccccc1)[C@H](O)C(=O)N1CSC(C)(C)[C@H]1C(=O)NCc1ccccc1C. The van der Waals surface area contributed by atoms with Crippen molar-refractivity contribution in [1.82, 2.24) is 20.9 Å². The number of aliphatic hydroxyl groups excluding tert-OH is 1. The Morgan fingerprint density at radius 2 is 1.74 bits per heavy atom. The van der Waals surface area contributed by atoms with E-state index in [-0.39, 0.29) is 18.2 Å². The van der Waals surface area contributed by atoms with E-state index < -0.39 is 34.9 Å². The zero-order chi connectivity index (χ0) is 28.4. The summed E-state index contributed by atoms with van der Waals surface area (Å²) in [6.45, 7) is 8.80. The molecule has 2 aromatic rings. The Balaban J connectivity index is 1.74. The first-order valence-corrected chi connectivity index (χ1v) is 14.7. The van der Waals surface area contributed by atoms with Crippen molar-refractivity contribution in [1.29, 1.82) is 0 Å². The third-order valence-corrected chi connectivity index (χ3v) is 8.48. The molecule has 3 atom stereocenters. The summed E-state index contributed by atoms with van der Waals surface area (Å²) >= 11 is 1.49. The first-order chi connectivity index (χ1) is 18.6. The number of aryl methyl sites for hydroxylation is 1. The van der Waals surface area contributed by atoms with Gasteiger partial charge in [-0.25, -0.2) is 4.79 Å². The van der Waals surface area contributed by atoms with Crippen LogP contribution in [-0.4, -0.2) is 63.2 Å². The summed E-state index contributed by atoms with van der Waals surface area (Å²) in [7, 11) is 0. The number of hydrogen-bond acceptors (Lipinski definition) is 5. The van der Waals surface area contributed by atoms with Crippen LogP contribution >= 0.6 is 11.8 Å². The van der Waals surface area contributed by atoms with Gasteiger partial charge in [0.05, 0.1) is 11.9 Å². The van der Waals surface area contributed by atoms with Gasteiger partial charge in [0, 0.05) is 17.8 Å². The maximum Gasteiger partial charge on any atom is 0.315 e. The van der Waals surface area contributed by atoms with E-state index in [2.05, 4.69) is 22.9 Å². The molecule has 0 aliphatic carbocycles. The molecule has 0 bridgehead atoms. The van der Waals surface area contributed by atoms with Crippen molar-refractivity contribution in [2.45, 2.75) is 82.9 Å². The van der Waals surface area contributed by atoms with Gasteiger partial charge in [-0.3, -0.25) is 9.59 Å². The Morgan fingerprint density at radius 3 is 2.44 bits per heavy atom. The topological polar surface area (TPSA) is 111 Å². The Bertz CT molecular complexity index is 1110.